The molecule has 2 heterocycles. The van der Waals surface area contributed by atoms with Crippen LogP contribution in [-0.4, -0.2) is 21.0 Å². The molecule has 100 valence electrons. The van der Waals surface area contributed by atoms with E-state index in [0.717, 1.165) is 10.2 Å². The van der Waals surface area contributed by atoms with E-state index in [9.17, 15) is 4.79 Å². The van der Waals surface area contributed by atoms with Gasteiger partial charge in [-0.2, -0.15) is 0 Å². The van der Waals surface area contributed by atoms with Gasteiger partial charge in [-0.05, 0) is 29.6 Å². The van der Waals surface area contributed by atoms with Crippen molar-refractivity contribution < 1.29 is 9.90 Å². The van der Waals surface area contributed by atoms with E-state index >= 15 is 0 Å². The van der Waals surface area contributed by atoms with Crippen molar-refractivity contribution in [2.24, 2.45) is 0 Å². The number of aromatic nitrogens is 2. The number of carboxylic acids is 1. The van der Waals surface area contributed by atoms with Gasteiger partial charge in [-0.3, -0.25) is 0 Å². The van der Waals surface area contributed by atoms with Crippen LogP contribution in [0.1, 0.15) is 10.4 Å². The van der Waals surface area contributed by atoms with E-state index in [2.05, 4.69) is 15.3 Å². The Bertz CT molecular complexity index is 803. The second-order valence-corrected chi connectivity index (χ2v) is 5.29. The Morgan fingerprint density at radius 2 is 2.15 bits per heavy atom. The van der Waals surface area contributed by atoms with Crippen molar-refractivity contribution in [3.05, 3.63) is 46.6 Å². The van der Waals surface area contributed by atoms with Crippen molar-refractivity contribution in [1.82, 2.24) is 9.97 Å². The summed E-state index contributed by atoms with van der Waals surface area (Å²) < 4.78 is 0. The Labute approximate surface area is 122 Å². The van der Waals surface area contributed by atoms with Crippen molar-refractivity contribution in [2.75, 3.05) is 5.32 Å². The van der Waals surface area contributed by atoms with Gasteiger partial charge in [0, 0.05) is 5.69 Å². The molecule has 3 rings (SSSR count). The molecule has 0 fully saturated rings. The quantitative estimate of drug-likeness (QED) is 0.770. The van der Waals surface area contributed by atoms with E-state index in [4.69, 9.17) is 16.7 Å². The predicted molar refractivity (Wildman–Crippen MR) is 79.1 cm³/mol. The van der Waals surface area contributed by atoms with Crippen LogP contribution >= 0.6 is 22.9 Å². The summed E-state index contributed by atoms with van der Waals surface area (Å²) in [6.45, 7) is 0. The van der Waals surface area contributed by atoms with Gasteiger partial charge in [0.2, 0.25) is 0 Å². The number of hydrogen-bond donors (Lipinski definition) is 2. The third kappa shape index (κ3) is 2.31. The molecule has 2 N–H and O–H groups in total. The lowest BCUT2D eigenvalue weighted by atomic mass is 10.2. The first-order chi connectivity index (χ1) is 9.65. The minimum Gasteiger partial charge on any atom is -0.478 e. The summed E-state index contributed by atoms with van der Waals surface area (Å²) in [6, 6.07) is 6.63. The number of thiophene rings is 1. The molecule has 0 aliphatic carbocycles. The summed E-state index contributed by atoms with van der Waals surface area (Å²) in [6.07, 6.45) is 1.47. The van der Waals surface area contributed by atoms with E-state index in [1.165, 1.54) is 23.7 Å². The highest BCUT2D eigenvalue weighted by atomic mass is 35.5. The van der Waals surface area contributed by atoms with Crippen LogP contribution in [0, 0.1) is 0 Å². The summed E-state index contributed by atoms with van der Waals surface area (Å²) in [5.74, 6) is -0.433. The molecule has 0 saturated heterocycles. The van der Waals surface area contributed by atoms with Crippen LogP contribution < -0.4 is 5.32 Å². The first-order valence-electron chi connectivity index (χ1n) is 5.63. The highest BCUT2D eigenvalue weighted by Gasteiger charge is 2.11. The molecule has 2 aromatic heterocycles. The van der Waals surface area contributed by atoms with Gasteiger partial charge in [-0.15, -0.1) is 11.3 Å². The molecule has 7 heteroatoms. The van der Waals surface area contributed by atoms with E-state index in [1.54, 1.807) is 12.1 Å². The zero-order valence-corrected chi connectivity index (χ0v) is 11.6. The molecule has 0 bridgehead atoms. The van der Waals surface area contributed by atoms with Gasteiger partial charge in [-0.25, -0.2) is 14.8 Å². The standard InChI is InChI=1S/C13H8ClN3O2S/c14-10-2-1-7(5-9(10)13(18)19)17-11-8-3-4-20-12(8)16-6-15-11/h1-6H,(H,18,19)(H,15,16,17). The molecule has 1 aromatic carbocycles. The Balaban J connectivity index is 2.01. The van der Waals surface area contributed by atoms with Crippen LogP contribution in [0.25, 0.3) is 10.2 Å². The van der Waals surface area contributed by atoms with Crippen LogP contribution in [0.5, 0.6) is 0 Å². The van der Waals surface area contributed by atoms with Crippen molar-refractivity contribution in [2.45, 2.75) is 0 Å². The van der Waals surface area contributed by atoms with Crippen molar-refractivity contribution in [3.63, 3.8) is 0 Å². The number of nitrogens with one attached hydrogen (secondary N) is 1. The number of anilines is 2. The second kappa shape index (κ2) is 5.07. The normalized spacial score (nSPS) is 10.7. The molecular weight excluding hydrogens is 298 g/mol. The third-order valence-corrected chi connectivity index (χ3v) is 3.87. The van der Waals surface area contributed by atoms with Crippen LogP contribution in [0.4, 0.5) is 11.5 Å². The Kier molecular flexibility index (Phi) is 3.25. The highest BCUT2D eigenvalue weighted by molar-refractivity contribution is 7.16. The fourth-order valence-electron chi connectivity index (χ4n) is 1.79. The lowest BCUT2D eigenvalue weighted by Gasteiger charge is -2.08. The first kappa shape index (κ1) is 12.8. The first-order valence-corrected chi connectivity index (χ1v) is 6.89. The molecule has 3 aromatic rings. The number of aromatic carboxylic acids is 1. The molecule has 0 amide bonds. The van der Waals surface area contributed by atoms with Crippen LogP contribution in [0.2, 0.25) is 5.02 Å². The van der Waals surface area contributed by atoms with Gasteiger partial charge in [0.25, 0.3) is 0 Å². The van der Waals surface area contributed by atoms with Crippen LogP contribution in [0.15, 0.2) is 36.0 Å². The van der Waals surface area contributed by atoms with Crippen molar-refractivity contribution in [1.29, 1.82) is 0 Å². The fourth-order valence-corrected chi connectivity index (χ4v) is 2.72. The van der Waals surface area contributed by atoms with Gasteiger partial charge >= 0.3 is 5.97 Å². The molecule has 0 spiro atoms. The SMILES string of the molecule is O=C(O)c1cc(Nc2ncnc3sccc23)ccc1Cl. The molecule has 0 unspecified atom stereocenters. The number of rotatable bonds is 3. The molecule has 0 aliphatic rings. The molecule has 0 saturated carbocycles. The number of halogens is 1. The maximum Gasteiger partial charge on any atom is 0.337 e. The number of carboxylic acid groups (broad SMARTS) is 1. The predicted octanol–water partition coefficient (Wildman–Crippen LogP) is 3.79. The fraction of sp³-hybridized carbons (Fsp3) is 0. The maximum absolute atomic E-state index is 11.1. The summed E-state index contributed by atoms with van der Waals surface area (Å²) in [5, 5.41) is 15.2. The topological polar surface area (TPSA) is 75.1 Å². The minimum atomic E-state index is -1.07. The van der Waals surface area contributed by atoms with E-state index < -0.39 is 5.97 Å². The molecule has 0 radical (unpaired) electrons. The van der Waals surface area contributed by atoms with Crippen molar-refractivity contribution in [3.8, 4) is 0 Å². The monoisotopic (exact) mass is 305 g/mol. The number of nitrogens with zero attached hydrogens (tertiary/aromatic N) is 2. The summed E-state index contributed by atoms with van der Waals surface area (Å²) in [5.41, 5.74) is 0.658. The lowest BCUT2D eigenvalue weighted by Crippen LogP contribution is -2.00. The number of fused-ring (bicyclic) bond motifs is 1. The van der Waals surface area contributed by atoms with E-state index in [1.807, 2.05) is 11.4 Å². The van der Waals surface area contributed by atoms with Gasteiger partial charge in [0.1, 0.15) is 17.0 Å². The average molecular weight is 306 g/mol. The average Bonchev–Trinajstić information content (AvgIpc) is 2.90. The number of benzene rings is 1. The Hall–Kier alpha value is -2.18. The maximum atomic E-state index is 11.1. The highest BCUT2D eigenvalue weighted by Crippen LogP contribution is 2.28. The zero-order valence-electron chi connectivity index (χ0n) is 10.0. The van der Waals surface area contributed by atoms with Gasteiger partial charge in [-0.1, -0.05) is 11.6 Å². The smallest absolute Gasteiger partial charge is 0.337 e. The Morgan fingerprint density at radius 3 is 2.95 bits per heavy atom. The second-order valence-electron chi connectivity index (χ2n) is 3.99. The summed E-state index contributed by atoms with van der Waals surface area (Å²) >= 11 is 7.36. The lowest BCUT2D eigenvalue weighted by molar-refractivity contribution is 0.0697. The van der Waals surface area contributed by atoms with Crippen LogP contribution in [-0.2, 0) is 0 Å². The summed E-state index contributed by atoms with van der Waals surface area (Å²) in [7, 11) is 0. The van der Waals surface area contributed by atoms with Gasteiger partial charge in [0.15, 0.2) is 0 Å². The van der Waals surface area contributed by atoms with Gasteiger partial charge < -0.3 is 10.4 Å². The Morgan fingerprint density at radius 1 is 1.30 bits per heavy atom. The molecular formula is C13H8ClN3O2S. The van der Waals surface area contributed by atoms with Crippen LogP contribution in [0.3, 0.4) is 0 Å². The van der Waals surface area contributed by atoms with E-state index in [-0.39, 0.29) is 10.6 Å². The zero-order chi connectivity index (χ0) is 14.1. The molecule has 20 heavy (non-hydrogen) atoms. The van der Waals surface area contributed by atoms with E-state index in [0.29, 0.717) is 11.5 Å². The van der Waals surface area contributed by atoms with Gasteiger partial charge in [0.05, 0.1) is 16.0 Å². The third-order valence-electron chi connectivity index (χ3n) is 2.72. The largest absolute Gasteiger partial charge is 0.478 e. The molecule has 5 nitrogen and oxygen atoms in total. The number of carbonyl (C=O) groups is 1. The van der Waals surface area contributed by atoms with Crippen molar-refractivity contribution >= 4 is 50.6 Å². The number of hydrogen-bond acceptors (Lipinski definition) is 5. The molecule has 0 atom stereocenters. The minimum absolute atomic E-state index is 0.0484. The summed E-state index contributed by atoms with van der Waals surface area (Å²) in [4.78, 5) is 20.3. The molecule has 0 aliphatic heterocycles.